The van der Waals surface area contributed by atoms with Gasteiger partial charge in [-0.2, -0.15) is 0 Å². The zero-order chi connectivity index (χ0) is 21.5. The lowest BCUT2D eigenvalue weighted by atomic mass is 9.97. The summed E-state index contributed by atoms with van der Waals surface area (Å²) in [6.45, 7) is 4.92. The first-order valence-corrected chi connectivity index (χ1v) is 10.6. The Balaban J connectivity index is 1.84. The summed E-state index contributed by atoms with van der Waals surface area (Å²) in [7, 11) is 1.59. The van der Waals surface area contributed by atoms with Gasteiger partial charge < -0.3 is 20.3 Å². The molecule has 30 heavy (non-hydrogen) atoms. The maximum atomic E-state index is 12.9. The lowest BCUT2D eigenvalue weighted by Gasteiger charge is -2.33. The number of methoxy groups -OCH3 is 1. The Morgan fingerprint density at radius 3 is 2.53 bits per heavy atom. The first-order valence-electron chi connectivity index (χ1n) is 10.2. The summed E-state index contributed by atoms with van der Waals surface area (Å²) in [5.41, 5.74) is 2.36. The molecule has 1 heterocycles. The zero-order valence-electron chi connectivity index (χ0n) is 17.4. The predicted octanol–water partition coefficient (Wildman–Crippen LogP) is 4.20. The summed E-state index contributed by atoms with van der Waals surface area (Å²) < 4.78 is 5.03. The van der Waals surface area contributed by atoms with Gasteiger partial charge >= 0.3 is 0 Å². The molecule has 1 saturated heterocycles. The molecule has 0 unspecified atom stereocenters. The molecule has 2 N–H and O–H groups in total. The molecule has 2 amide bonds. The van der Waals surface area contributed by atoms with E-state index in [-0.39, 0.29) is 11.8 Å². The molecule has 0 radical (unpaired) electrons. The molecular weight excluding hydrogens is 402 g/mol. The molecule has 0 bridgehead atoms. The van der Waals surface area contributed by atoms with Crippen LogP contribution in [0.2, 0.25) is 5.02 Å². The number of carbonyl (C=O) groups is 2. The highest BCUT2D eigenvalue weighted by Crippen LogP contribution is 2.29. The molecule has 3 rings (SSSR count). The van der Waals surface area contributed by atoms with Gasteiger partial charge in [0.15, 0.2) is 0 Å². The van der Waals surface area contributed by atoms with Crippen LogP contribution < -0.4 is 15.5 Å². The van der Waals surface area contributed by atoms with E-state index in [1.165, 1.54) is 0 Å². The lowest BCUT2D eigenvalue weighted by molar-refractivity contribution is 0.0936. The molecule has 6 nitrogen and oxygen atoms in total. The van der Waals surface area contributed by atoms with E-state index in [0.717, 1.165) is 31.6 Å². The number of halogens is 1. The molecule has 2 aromatic carbocycles. The average Bonchev–Trinajstić information content (AvgIpc) is 2.75. The van der Waals surface area contributed by atoms with Crippen molar-refractivity contribution in [1.82, 2.24) is 5.32 Å². The van der Waals surface area contributed by atoms with Gasteiger partial charge in [-0.25, -0.2) is 0 Å². The standard InChI is InChI=1S/C23H28ClN3O3/c1-16-9-12-27(13-10-16)21-8-7-17(15-19(21)22(28)25-11-14-30-2)26-23(29)18-5-3-4-6-20(18)24/h3-8,15-16H,9-14H2,1-2H3,(H,25,28)(H,26,29). The van der Waals surface area contributed by atoms with Crippen LogP contribution >= 0.6 is 11.6 Å². The highest BCUT2D eigenvalue weighted by Gasteiger charge is 2.22. The van der Waals surface area contributed by atoms with E-state index in [2.05, 4.69) is 22.5 Å². The fraction of sp³-hybridized carbons (Fsp3) is 0.391. The number of benzene rings is 2. The van der Waals surface area contributed by atoms with E-state index in [4.69, 9.17) is 16.3 Å². The van der Waals surface area contributed by atoms with E-state index in [1.807, 2.05) is 12.1 Å². The number of piperidine rings is 1. The Bertz CT molecular complexity index is 895. The molecule has 2 aromatic rings. The van der Waals surface area contributed by atoms with Gasteiger partial charge in [0.2, 0.25) is 0 Å². The fourth-order valence-corrected chi connectivity index (χ4v) is 3.75. The number of rotatable bonds is 7. The van der Waals surface area contributed by atoms with Gasteiger partial charge in [0.1, 0.15) is 0 Å². The fourth-order valence-electron chi connectivity index (χ4n) is 3.53. The smallest absolute Gasteiger partial charge is 0.257 e. The van der Waals surface area contributed by atoms with Crippen molar-refractivity contribution in [3.05, 3.63) is 58.6 Å². The zero-order valence-corrected chi connectivity index (χ0v) is 18.2. The molecule has 1 aliphatic rings. The molecule has 0 saturated carbocycles. The monoisotopic (exact) mass is 429 g/mol. The Hall–Kier alpha value is -2.57. The van der Waals surface area contributed by atoms with Crippen LogP contribution in [0, 0.1) is 5.92 Å². The maximum Gasteiger partial charge on any atom is 0.257 e. The van der Waals surface area contributed by atoms with Crippen LogP contribution in [-0.2, 0) is 4.74 Å². The van der Waals surface area contributed by atoms with Gasteiger partial charge in [0.05, 0.1) is 22.8 Å². The second kappa shape index (κ2) is 10.5. The van der Waals surface area contributed by atoms with Crippen molar-refractivity contribution in [2.75, 3.05) is 43.6 Å². The number of carbonyl (C=O) groups excluding carboxylic acids is 2. The number of hydrogen-bond donors (Lipinski definition) is 2. The highest BCUT2D eigenvalue weighted by atomic mass is 35.5. The van der Waals surface area contributed by atoms with E-state index in [0.29, 0.717) is 40.9 Å². The van der Waals surface area contributed by atoms with Crippen molar-refractivity contribution >= 4 is 34.8 Å². The van der Waals surface area contributed by atoms with Gasteiger partial charge in [-0.05, 0) is 49.1 Å². The molecule has 1 aliphatic heterocycles. The third kappa shape index (κ3) is 5.52. The van der Waals surface area contributed by atoms with Gasteiger partial charge in [-0.3, -0.25) is 9.59 Å². The SMILES string of the molecule is COCCNC(=O)c1cc(NC(=O)c2ccccc2Cl)ccc1N1CCC(C)CC1. The molecule has 160 valence electrons. The topological polar surface area (TPSA) is 70.7 Å². The van der Waals surface area contributed by atoms with Crippen molar-refractivity contribution in [3.8, 4) is 0 Å². The van der Waals surface area contributed by atoms with Crippen molar-refractivity contribution in [2.45, 2.75) is 19.8 Å². The van der Waals surface area contributed by atoms with Crippen LogP contribution in [0.1, 0.15) is 40.5 Å². The van der Waals surface area contributed by atoms with E-state index in [1.54, 1.807) is 37.4 Å². The minimum Gasteiger partial charge on any atom is -0.383 e. The number of ether oxygens (including phenoxy) is 1. The molecule has 0 atom stereocenters. The maximum absolute atomic E-state index is 12.9. The summed E-state index contributed by atoms with van der Waals surface area (Å²) in [6, 6.07) is 12.3. The second-order valence-electron chi connectivity index (χ2n) is 7.58. The Morgan fingerprint density at radius 1 is 1.10 bits per heavy atom. The summed E-state index contributed by atoms with van der Waals surface area (Å²) in [5, 5.41) is 6.12. The summed E-state index contributed by atoms with van der Waals surface area (Å²) >= 11 is 6.13. The molecule has 0 aromatic heterocycles. The number of nitrogens with zero attached hydrogens (tertiary/aromatic N) is 1. The summed E-state index contributed by atoms with van der Waals surface area (Å²) in [4.78, 5) is 27.7. The number of nitrogens with one attached hydrogen (secondary N) is 2. The molecule has 0 spiro atoms. The third-order valence-electron chi connectivity index (χ3n) is 5.33. The van der Waals surface area contributed by atoms with Crippen molar-refractivity contribution in [2.24, 2.45) is 5.92 Å². The lowest BCUT2D eigenvalue weighted by Crippen LogP contribution is -2.35. The van der Waals surface area contributed by atoms with Gasteiger partial charge in [0, 0.05) is 38.1 Å². The molecule has 7 heteroatoms. The minimum absolute atomic E-state index is 0.186. The minimum atomic E-state index is -0.314. The van der Waals surface area contributed by atoms with Crippen LogP contribution in [-0.4, -0.2) is 45.2 Å². The van der Waals surface area contributed by atoms with E-state index >= 15 is 0 Å². The summed E-state index contributed by atoms with van der Waals surface area (Å²) in [5.74, 6) is 0.190. The van der Waals surface area contributed by atoms with Crippen molar-refractivity contribution in [1.29, 1.82) is 0 Å². The number of amides is 2. The van der Waals surface area contributed by atoms with Crippen LogP contribution in [0.25, 0.3) is 0 Å². The first-order chi connectivity index (χ1) is 14.5. The third-order valence-corrected chi connectivity index (χ3v) is 5.66. The van der Waals surface area contributed by atoms with Crippen LogP contribution in [0.15, 0.2) is 42.5 Å². The van der Waals surface area contributed by atoms with Crippen LogP contribution in [0.4, 0.5) is 11.4 Å². The molecule has 1 fully saturated rings. The van der Waals surface area contributed by atoms with Crippen molar-refractivity contribution < 1.29 is 14.3 Å². The highest BCUT2D eigenvalue weighted by molar-refractivity contribution is 6.34. The van der Waals surface area contributed by atoms with E-state index < -0.39 is 0 Å². The number of anilines is 2. The predicted molar refractivity (Wildman–Crippen MR) is 121 cm³/mol. The average molecular weight is 430 g/mol. The Labute approximate surface area is 182 Å². The first kappa shape index (κ1) is 22.1. The van der Waals surface area contributed by atoms with Gasteiger partial charge in [-0.1, -0.05) is 30.7 Å². The van der Waals surface area contributed by atoms with Gasteiger partial charge in [-0.15, -0.1) is 0 Å². The largest absolute Gasteiger partial charge is 0.383 e. The molecule has 0 aliphatic carbocycles. The van der Waals surface area contributed by atoms with Crippen molar-refractivity contribution in [3.63, 3.8) is 0 Å². The second-order valence-corrected chi connectivity index (χ2v) is 7.99. The van der Waals surface area contributed by atoms with E-state index in [9.17, 15) is 9.59 Å². The quantitative estimate of drug-likeness (QED) is 0.647. The Morgan fingerprint density at radius 2 is 1.83 bits per heavy atom. The van der Waals surface area contributed by atoms with Crippen LogP contribution in [0.5, 0.6) is 0 Å². The molecular formula is C23H28ClN3O3. The number of hydrogen-bond acceptors (Lipinski definition) is 4. The normalized spacial score (nSPS) is 14.4. The summed E-state index contributed by atoms with van der Waals surface area (Å²) in [6.07, 6.45) is 2.19. The van der Waals surface area contributed by atoms with Gasteiger partial charge in [0.25, 0.3) is 11.8 Å². The Kier molecular flexibility index (Phi) is 7.71. The van der Waals surface area contributed by atoms with Crippen LogP contribution in [0.3, 0.4) is 0 Å².